The van der Waals surface area contributed by atoms with E-state index >= 15 is 0 Å². The molecule has 3 aliphatic rings. The van der Waals surface area contributed by atoms with E-state index in [2.05, 4.69) is 15.2 Å². The number of carbonyl (C=O) groups excluding carboxylic acids is 1. The topological polar surface area (TPSA) is 68.2 Å². The number of amides is 1. The molecule has 0 aromatic heterocycles. The Morgan fingerprint density at radius 1 is 1.29 bits per heavy atom. The van der Waals surface area contributed by atoms with Crippen molar-refractivity contribution in [1.82, 2.24) is 15.3 Å². The number of hydroxylamine groups is 2. The van der Waals surface area contributed by atoms with Crippen LogP contribution in [0.5, 0.6) is 0 Å². The van der Waals surface area contributed by atoms with Gasteiger partial charge in [0, 0.05) is 31.5 Å². The van der Waals surface area contributed by atoms with Gasteiger partial charge in [0.05, 0.1) is 5.92 Å². The van der Waals surface area contributed by atoms with E-state index in [1.807, 2.05) is 37.3 Å². The van der Waals surface area contributed by atoms with Gasteiger partial charge >= 0.3 is 0 Å². The summed E-state index contributed by atoms with van der Waals surface area (Å²) in [6.07, 6.45) is 4.70. The van der Waals surface area contributed by atoms with Crippen molar-refractivity contribution in [2.75, 3.05) is 13.1 Å². The molecule has 0 radical (unpaired) electrons. The molecule has 0 bridgehead atoms. The van der Waals surface area contributed by atoms with Gasteiger partial charge in [-0.2, -0.15) is 0 Å². The number of likely N-dealkylation sites (tertiary alicyclic amines) is 1. The SMILES string of the molecule is CC(C(=O)NC1C2CN(C3N=CC=CN3O)CC21)c1ccccc1. The van der Waals surface area contributed by atoms with Crippen molar-refractivity contribution in [1.29, 1.82) is 0 Å². The molecule has 2 aliphatic heterocycles. The van der Waals surface area contributed by atoms with Gasteiger partial charge in [-0.15, -0.1) is 0 Å². The van der Waals surface area contributed by atoms with E-state index in [1.54, 1.807) is 18.5 Å². The molecule has 2 N–H and O–H groups in total. The van der Waals surface area contributed by atoms with Crippen LogP contribution in [0.2, 0.25) is 0 Å². The first-order valence-corrected chi connectivity index (χ1v) is 8.41. The molecule has 4 atom stereocenters. The minimum Gasteiger partial charge on any atom is -0.352 e. The van der Waals surface area contributed by atoms with Crippen molar-refractivity contribution in [3.05, 3.63) is 48.2 Å². The summed E-state index contributed by atoms with van der Waals surface area (Å²) in [5, 5.41) is 14.2. The third kappa shape index (κ3) is 2.72. The summed E-state index contributed by atoms with van der Waals surface area (Å²) in [6, 6.07) is 10.1. The molecule has 0 spiro atoms. The Morgan fingerprint density at radius 3 is 2.67 bits per heavy atom. The van der Waals surface area contributed by atoms with Crippen molar-refractivity contribution in [3.63, 3.8) is 0 Å². The zero-order valence-electron chi connectivity index (χ0n) is 13.6. The maximum atomic E-state index is 12.5. The second-order valence-corrected chi connectivity index (χ2v) is 6.81. The quantitative estimate of drug-likeness (QED) is 0.878. The fourth-order valence-electron chi connectivity index (χ4n) is 3.80. The van der Waals surface area contributed by atoms with Crippen molar-refractivity contribution >= 4 is 12.1 Å². The first-order valence-electron chi connectivity index (χ1n) is 8.41. The van der Waals surface area contributed by atoms with Crippen LogP contribution in [0.4, 0.5) is 0 Å². The fourth-order valence-corrected chi connectivity index (χ4v) is 3.80. The molecule has 1 saturated heterocycles. The first kappa shape index (κ1) is 15.4. The molecule has 4 rings (SSSR count). The number of allylic oxidation sites excluding steroid dienone is 1. The fraction of sp³-hybridized carbons (Fsp3) is 0.444. The maximum absolute atomic E-state index is 12.5. The minimum atomic E-state index is -0.331. The lowest BCUT2D eigenvalue weighted by atomic mass is 10.0. The van der Waals surface area contributed by atoms with Crippen LogP contribution in [-0.2, 0) is 4.79 Å². The Bertz CT molecular complexity index is 663. The summed E-state index contributed by atoms with van der Waals surface area (Å²) in [5.41, 5.74) is 1.04. The van der Waals surface area contributed by atoms with Crippen molar-refractivity contribution in [2.45, 2.75) is 25.2 Å². The van der Waals surface area contributed by atoms with Crippen LogP contribution < -0.4 is 5.32 Å². The monoisotopic (exact) mass is 326 g/mol. The third-order valence-corrected chi connectivity index (χ3v) is 5.33. The van der Waals surface area contributed by atoms with Crippen LogP contribution in [0, 0.1) is 11.8 Å². The highest BCUT2D eigenvalue weighted by atomic mass is 16.5. The van der Waals surface area contributed by atoms with Gasteiger partial charge < -0.3 is 5.32 Å². The molecule has 1 saturated carbocycles. The number of nitrogens with zero attached hydrogens (tertiary/aromatic N) is 3. The molecule has 1 aliphatic carbocycles. The van der Waals surface area contributed by atoms with Crippen molar-refractivity contribution in [3.8, 4) is 0 Å². The van der Waals surface area contributed by atoms with Crippen LogP contribution in [0.3, 0.4) is 0 Å². The smallest absolute Gasteiger partial charge is 0.227 e. The highest BCUT2D eigenvalue weighted by molar-refractivity contribution is 5.83. The highest BCUT2D eigenvalue weighted by Gasteiger charge is 2.58. The summed E-state index contributed by atoms with van der Waals surface area (Å²) in [4.78, 5) is 18.9. The maximum Gasteiger partial charge on any atom is 0.227 e. The zero-order valence-corrected chi connectivity index (χ0v) is 13.6. The molecule has 2 fully saturated rings. The number of piperidine rings is 1. The average Bonchev–Trinajstić information content (AvgIpc) is 3.05. The van der Waals surface area contributed by atoms with Crippen LogP contribution in [0.25, 0.3) is 0 Å². The minimum absolute atomic E-state index is 0.0922. The van der Waals surface area contributed by atoms with E-state index < -0.39 is 0 Å². The van der Waals surface area contributed by atoms with Crippen molar-refractivity contribution in [2.24, 2.45) is 16.8 Å². The second kappa shape index (κ2) is 6.03. The molecule has 4 unspecified atom stereocenters. The molecular weight excluding hydrogens is 304 g/mol. The lowest BCUT2D eigenvalue weighted by molar-refractivity contribution is -0.128. The number of nitrogens with one attached hydrogen (secondary N) is 1. The van der Waals surface area contributed by atoms with Crippen LogP contribution in [-0.4, -0.2) is 52.7 Å². The number of benzene rings is 1. The predicted octanol–water partition coefficient (Wildman–Crippen LogP) is 1.41. The van der Waals surface area contributed by atoms with Gasteiger partial charge in [0.25, 0.3) is 0 Å². The molecule has 1 aromatic rings. The Morgan fingerprint density at radius 2 is 2.00 bits per heavy atom. The largest absolute Gasteiger partial charge is 0.352 e. The van der Waals surface area contributed by atoms with Gasteiger partial charge in [-0.1, -0.05) is 30.3 Å². The van der Waals surface area contributed by atoms with Gasteiger partial charge in [-0.05, 0) is 30.4 Å². The average molecular weight is 326 g/mol. The molecule has 1 aromatic carbocycles. The summed E-state index contributed by atoms with van der Waals surface area (Å²) in [7, 11) is 0. The summed E-state index contributed by atoms with van der Waals surface area (Å²) < 4.78 is 0. The van der Waals surface area contributed by atoms with E-state index in [1.165, 1.54) is 0 Å². The molecular formula is C18H22N4O2. The van der Waals surface area contributed by atoms with Gasteiger partial charge in [0.15, 0.2) is 0 Å². The first-order chi connectivity index (χ1) is 11.6. The number of fused-ring (bicyclic) bond motifs is 1. The lowest BCUT2D eigenvalue weighted by Crippen LogP contribution is -2.46. The van der Waals surface area contributed by atoms with E-state index in [0.29, 0.717) is 11.8 Å². The number of carbonyl (C=O) groups is 1. The standard InChI is InChI=1S/C18H22N4O2/c1-12(13-6-3-2-4-7-13)17(23)20-16-14-10-21(11-15(14)16)18-19-8-5-9-22(18)24/h2-9,12,14-16,18,24H,10-11H2,1H3,(H,20,23). The highest BCUT2D eigenvalue weighted by Crippen LogP contribution is 2.46. The Balaban J connectivity index is 1.30. The van der Waals surface area contributed by atoms with Gasteiger partial charge in [-0.25, -0.2) is 5.06 Å². The van der Waals surface area contributed by atoms with Crippen LogP contribution in [0.15, 0.2) is 47.6 Å². The second-order valence-electron chi connectivity index (χ2n) is 6.81. The molecule has 1 amide bonds. The number of hydrogen-bond donors (Lipinski definition) is 2. The van der Waals surface area contributed by atoms with Gasteiger partial charge in [0.1, 0.15) is 0 Å². The molecule has 24 heavy (non-hydrogen) atoms. The lowest BCUT2D eigenvalue weighted by Gasteiger charge is -2.32. The molecule has 6 nitrogen and oxygen atoms in total. The van der Waals surface area contributed by atoms with Crippen molar-refractivity contribution < 1.29 is 10.0 Å². The summed E-state index contributed by atoms with van der Waals surface area (Å²) in [5.74, 6) is 0.886. The van der Waals surface area contributed by atoms with Gasteiger partial charge in [0.2, 0.25) is 12.2 Å². The molecule has 126 valence electrons. The zero-order chi connectivity index (χ0) is 16.7. The predicted molar refractivity (Wildman–Crippen MR) is 90.4 cm³/mol. The Hall–Kier alpha value is -2.18. The number of hydrogen-bond acceptors (Lipinski definition) is 5. The number of aliphatic imine (C=N–C) groups is 1. The molecule has 6 heteroatoms. The van der Waals surface area contributed by atoms with E-state index in [-0.39, 0.29) is 24.2 Å². The molecule has 2 heterocycles. The Kier molecular flexibility index (Phi) is 3.86. The summed E-state index contributed by atoms with van der Waals surface area (Å²) in [6.45, 7) is 3.65. The third-order valence-electron chi connectivity index (χ3n) is 5.33. The summed E-state index contributed by atoms with van der Waals surface area (Å²) >= 11 is 0. The Labute approximate surface area is 141 Å². The van der Waals surface area contributed by atoms with E-state index in [4.69, 9.17) is 0 Å². The van der Waals surface area contributed by atoms with Crippen LogP contribution in [0.1, 0.15) is 18.4 Å². The number of rotatable bonds is 4. The van der Waals surface area contributed by atoms with E-state index in [9.17, 15) is 10.0 Å². The van der Waals surface area contributed by atoms with E-state index in [0.717, 1.165) is 23.7 Å². The normalized spacial score (nSPS) is 32.5. The van der Waals surface area contributed by atoms with Gasteiger partial charge in [-0.3, -0.25) is 19.9 Å². The van der Waals surface area contributed by atoms with Crippen LogP contribution >= 0.6 is 0 Å².